The van der Waals surface area contributed by atoms with Crippen molar-refractivity contribution in [3.05, 3.63) is 35.5 Å². The quantitative estimate of drug-likeness (QED) is 0.663. The summed E-state index contributed by atoms with van der Waals surface area (Å²) in [6.45, 7) is 0. The number of hydrogen-bond acceptors (Lipinski definition) is 6. The van der Waals surface area contributed by atoms with Crippen LogP contribution in [0.4, 0.5) is 0 Å². The molecule has 3 aromatic rings. The molecule has 0 N–H and O–H groups in total. The summed E-state index contributed by atoms with van der Waals surface area (Å²) in [6.07, 6.45) is 1.70. The van der Waals surface area contributed by atoms with Gasteiger partial charge < -0.3 is 9.26 Å². The molecule has 0 radical (unpaired) electrons. The highest BCUT2D eigenvalue weighted by Gasteiger charge is 2.16. The number of ether oxygens (including phenoxy) is 1. The average molecular weight is 260 g/mol. The fraction of sp³-hybridized carbons (Fsp3) is 0.0833. The first-order valence-corrected chi connectivity index (χ1v) is 6.05. The minimum Gasteiger partial charge on any atom is -0.464 e. The van der Waals surface area contributed by atoms with Crippen molar-refractivity contribution in [2.24, 2.45) is 0 Å². The van der Waals surface area contributed by atoms with Crippen LogP contribution in [-0.4, -0.2) is 23.2 Å². The van der Waals surface area contributed by atoms with Gasteiger partial charge >= 0.3 is 5.97 Å². The van der Waals surface area contributed by atoms with E-state index in [1.807, 2.05) is 17.5 Å². The molecule has 0 aliphatic carbocycles. The van der Waals surface area contributed by atoms with E-state index >= 15 is 0 Å². The number of carbonyl (C=O) groups excluding carboxylic acids is 1. The van der Waals surface area contributed by atoms with E-state index in [1.165, 1.54) is 13.2 Å². The van der Waals surface area contributed by atoms with Gasteiger partial charge in [-0.15, -0.1) is 11.3 Å². The molecule has 0 unspecified atom stereocenters. The molecule has 6 heteroatoms. The van der Waals surface area contributed by atoms with Gasteiger partial charge in [0.05, 0.1) is 11.8 Å². The predicted octanol–water partition coefficient (Wildman–Crippen LogP) is 2.74. The lowest BCUT2D eigenvalue weighted by molar-refractivity contribution is 0.0589. The third-order valence-electron chi connectivity index (χ3n) is 2.51. The van der Waals surface area contributed by atoms with Gasteiger partial charge in [-0.3, -0.25) is 4.98 Å². The normalized spacial score (nSPS) is 10.7. The molecule has 0 saturated heterocycles. The first-order valence-electron chi connectivity index (χ1n) is 5.17. The van der Waals surface area contributed by atoms with Crippen LogP contribution in [0.3, 0.4) is 0 Å². The van der Waals surface area contributed by atoms with Crippen molar-refractivity contribution in [2.45, 2.75) is 0 Å². The Hall–Kier alpha value is -2.21. The van der Waals surface area contributed by atoms with Crippen molar-refractivity contribution in [1.29, 1.82) is 0 Å². The number of pyridine rings is 1. The molecule has 5 nitrogen and oxygen atoms in total. The second kappa shape index (κ2) is 4.23. The van der Waals surface area contributed by atoms with Crippen LogP contribution in [0.5, 0.6) is 0 Å². The van der Waals surface area contributed by atoms with E-state index in [9.17, 15) is 4.79 Å². The highest BCUT2D eigenvalue weighted by atomic mass is 32.1. The number of thiophene rings is 1. The second-order valence-corrected chi connectivity index (χ2v) is 4.48. The summed E-state index contributed by atoms with van der Waals surface area (Å²) in [5, 5.41) is 6.73. The zero-order chi connectivity index (χ0) is 12.5. The number of nitrogens with zero attached hydrogens (tertiary/aromatic N) is 2. The van der Waals surface area contributed by atoms with E-state index in [0.717, 1.165) is 10.1 Å². The number of methoxy groups -OCH3 is 1. The van der Waals surface area contributed by atoms with E-state index < -0.39 is 5.97 Å². The van der Waals surface area contributed by atoms with Crippen molar-refractivity contribution in [2.75, 3.05) is 7.11 Å². The molecule has 0 aromatic carbocycles. The van der Waals surface area contributed by atoms with Crippen molar-refractivity contribution < 1.29 is 14.1 Å². The summed E-state index contributed by atoms with van der Waals surface area (Å²) < 4.78 is 10.7. The molecule has 18 heavy (non-hydrogen) atoms. The van der Waals surface area contributed by atoms with Crippen molar-refractivity contribution in [1.82, 2.24) is 10.1 Å². The monoisotopic (exact) mass is 260 g/mol. The third kappa shape index (κ3) is 1.67. The Balaban J connectivity index is 2.12. The highest BCUT2D eigenvalue weighted by molar-refractivity contribution is 7.17. The van der Waals surface area contributed by atoms with E-state index in [0.29, 0.717) is 11.5 Å². The summed E-state index contributed by atoms with van der Waals surface area (Å²) in [5.74, 6) is -0.0631. The van der Waals surface area contributed by atoms with E-state index in [-0.39, 0.29) is 5.69 Å². The van der Waals surface area contributed by atoms with Crippen LogP contribution in [0.15, 0.2) is 34.3 Å². The SMILES string of the molecule is COC(=O)c1cc(-c2nccc3ccsc23)on1. The molecule has 90 valence electrons. The standard InChI is InChI=1S/C12H8N2O3S/c1-16-12(15)8-6-9(17-14-8)10-11-7(2-4-13-10)3-5-18-11/h2-6H,1H3. The lowest BCUT2D eigenvalue weighted by Crippen LogP contribution is -2.00. The number of hydrogen-bond donors (Lipinski definition) is 0. The van der Waals surface area contributed by atoms with Gasteiger partial charge in [0.1, 0.15) is 5.69 Å². The second-order valence-electron chi connectivity index (χ2n) is 3.57. The maximum atomic E-state index is 11.3. The zero-order valence-electron chi connectivity index (χ0n) is 9.41. The number of esters is 1. The van der Waals surface area contributed by atoms with Gasteiger partial charge in [0.25, 0.3) is 0 Å². The van der Waals surface area contributed by atoms with Gasteiger partial charge in [0, 0.05) is 12.3 Å². The van der Waals surface area contributed by atoms with E-state index in [2.05, 4.69) is 14.9 Å². The molecule has 0 atom stereocenters. The Morgan fingerprint density at radius 2 is 2.33 bits per heavy atom. The number of rotatable bonds is 2. The Morgan fingerprint density at radius 1 is 1.44 bits per heavy atom. The van der Waals surface area contributed by atoms with Crippen molar-refractivity contribution in [3.8, 4) is 11.5 Å². The van der Waals surface area contributed by atoms with Crippen molar-refractivity contribution >= 4 is 27.4 Å². The molecule has 3 rings (SSSR count). The van der Waals surface area contributed by atoms with E-state index in [4.69, 9.17) is 4.52 Å². The minimum absolute atomic E-state index is 0.142. The number of carbonyl (C=O) groups is 1. The van der Waals surface area contributed by atoms with Crippen LogP contribution < -0.4 is 0 Å². The Kier molecular flexibility index (Phi) is 2.56. The molecule has 3 aromatic heterocycles. The predicted molar refractivity (Wildman–Crippen MR) is 66.5 cm³/mol. The summed E-state index contributed by atoms with van der Waals surface area (Å²) in [6, 6.07) is 5.46. The van der Waals surface area contributed by atoms with Crippen LogP contribution >= 0.6 is 11.3 Å². The topological polar surface area (TPSA) is 65.2 Å². The Morgan fingerprint density at radius 3 is 3.17 bits per heavy atom. The lowest BCUT2D eigenvalue weighted by atomic mass is 10.2. The molecule has 0 spiro atoms. The maximum Gasteiger partial charge on any atom is 0.360 e. The molecule has 0 aliphatic heterocycles. The molecule has 0 amide bonds. The Labute approximate surface area is 106 Å². The van der Waals surface area contributed by atoms with Crippen LogP contribution in [0.2, 0.25) is 0 Å². The van der Waals surface area contributed by atoms with Gasteiger partial charge in [-0.1, -0.05) is 5.16 Å². The summed E-state index contributed by atoms with van der Waals surface area (Å²) in [7, 11) is 1.30. The van der Waals surface area contributed by atoms with E-state index in [1.54, 1.807) is 17.5 Å². The van der Waals surface area contributed by atoms with Crippen LogP contribution in [0.25, 0.3) is 21.5 Å². The molecule has 0 saturated carbocycles. The molecule has 0 bridgehead atoms. The molecular formula is C12H8N2O3S. The zero-order valence-corrected chi connectivity index (χ0v) is 10.2. The number of aromatic nitrogens is 2. The van der Waals surface area contributed by atoms with Gasteiger partial charge in [-0.2, -0.15) is 0 Å². The maximum absolute atomic E-state index is 11.3. The van der Waals surface area contributed by atoms with Gasteiger partial charge in [0.15, 0.2) is 11.5 Å². The Bertz CT molecular complexity index is 717. The fourth-order valence-corrected chi connectivity index (χ4v) is 2.54. The lowest BCUT2D eigenvalue weighted by Gasteiger charge is -1.95. The summed E-state index contributed by atoms with van der Waals surface area (Å²) in [4.78, 5) is 15.6. The van der Waals surface area contributed by atoms with Crippen LogP contribution in [-0.2, 0) is 4.74 Å². The first-order chi connectivity index (χ1) is 8.79. The minimum atomic E-state index is -0.525. The largest absolute Gasteiger partial charge is 0.464 e. The average Bonchev–Trinajstić information content (AvgIpc) is 3.05. The fourth-order valence-electron chi connectivity index (χ4n) is 1.66. The molecular weight excluding hydrogens is 252 g/mol. The third-order valence-corrected chi connectivity index (χ3v) is 3.44. The highest BCUT2D eigenvalue weighted by Crippen LogP contribution is 2.30. The van der Waals surface area contributed by atoms with Gasteiger partial charge in [-0.05, 0) is 22.9 Å². The van der Waals surface area contributed by atoms with Crippen LogP contribution in [0.1, 0.15) is 10.5 Å². The molecule has 0 aliphatic rings. The van der Waals surface area contributed by atoms with Gasteiger partial charge in [-0.25, -0.2) is 4.79 Å². The summed E-state index contributed by atoms with van der Waals surface area (Å²) >= 11 is 1.57. The number of fused-ring (bicyclic) bond motifs is 1. The van der Waals surface area contributed by atoms with Gasteiger partial charge in [0.2, 0.25) is 0 Å². The first kappa shape index (κ1) is 10.9. The molecule has 3 heterocycles. The molecule has 0 fully saturated rings. The van der Waals surface area contributed by atoms with Crippen LogP contribution in [0, 0.1) is 0 Å². The van der Waals surface area contributed by atoms with Crippen molar-refractivity contribution in [3.63, 3.8) is 0 Å². The smallest absolute Gasteiger partial charge is 0.360 e. The summed E-state index contributed by atoms with van der Waals surface area (Å²) in [5.41, 5.74) is 0.827.